The van der Waals surface area contributed by atoms with Crippen LogP contribution in [0, 0.1) is 6.92 Å². The fourth-order valence-corrected chi connectivity index (χ4v) is 1.54. The summed E-state index contributed by atoms with van der Waals surface area (Å²) in [6.07, 6.45) is 2.45. The monoisotopic (exact) mass is 195 g/mol. The summed E-state index contributed by atoms with van der Waals surface area (Å²) < 4.78 is 4.70. The second-order valence-corrected chi connectivity index (χ2v) is 3.51. The number of hydrogen-bond donors (Lipinski definition) is 2. The molecule has 0 radical (unpaired) electrons. The van der Waals surface area contributed by atoms with Crippen molar-refractivity contribution in [2.24, 2.45) is 0 Å². The lowest BCUT2D eigenvalue weighted by Gasteiger charge is -2.09. The molecular formula is C9H13N3O2. The lowest BCUT2D eigenvalue weighted by Crippen LogP contribution is -2.36. The van der Waals surface area contributed by atoms with E-state index < -0.39 is 0 Å². The molecule has 0 saturated carbocycles. The summed E-state index contributed by atoms with van der Waals surface area (Å²) in [4.78, 5) is 11.6. The Balaban J connectivity index is 1.98. The third-order valence-electron chi connectivity index (χ3n) is 2.36. The third-order valence-corrected chi connectivity index (χ3v) is 2.36. The fraction of sp³-hybridized carbons (Fsp3) is 0.556. The normalized spacial score (nSPS) is 21.1. The Morgan fingerprint density at radius 1 is 1.79 bits per heavy atom. The molecule has 1 atom stereocenters. The molecule has 1 amide bonds. The van der Waals surface area contributed by atoms with Crippen molar-refractivity contribution in [1.82, 2.24) is 15.8 Å². The van der Waals surface area contributed by atoms with Crippen molar-refractivity contribution in [3.05, 3.63) is 17.5 Å². The first-order valence-electron chi connectivity index (χ1n) is 4.70. The highest BCUT2D eigenvalue weighted by molar-refractivity contribution is 5.93. The largest absolute Gasteiger partial charge is 0.364 e. The number of aryl methyl sites for hydroxylation is 1. The third kappa shape index (κ3) is 1.77. The molecule has 1 saturated heterocycles. The molecule has 1 aromatic rings. The number of hydrogen-bond acceptors (Lipinski definition) is 4. The smallest absolute Gasteiger partial charge is 0.274 e. The number of rotatable bonds is 2. The van der Waals surface area contributed by atoms with Crippen molar-refractivity contribution in [2.75, 3.05) is 13.1 Å². The lowest BCUT2D eigenvalue weighted by molar-refractivity contribution is 0.0930. The fourth-order valence-electron chi connectivity index (χ4n) is 1.54. The minimum atomic E-state index is -0.148. The van der Waals surface area contributed by atoms with Crippen LogP contribution in [-0.2, 0) is 0 Å². The molecule has 2 N–H and O–H groups in total. The lowest BCUT2D eigenvalue weighted by atomic mass is 10.2. The Hall–Kier alpha value is -1.36. The van der Waals surface area contributed by atoms with E-state index >= 15 is 0 Å². The molecule has 2 heterocycles. The van der Waals surface area contributed by atoms with Gasteiger partial charge in [-0.15, -0.1) is 0 Å². The summed E-state index contributed by atoms with van der Waals surface area (Å²) in [5, 5.41) is 9.73. The van der Waals surface area contributed by atoms with Crippen LogP contribution in [0.2, 0.25) is 0 Å². The standard InChI is InChI=1S/C9H13N3O2/c1-6-5-14-12-8(6)9(13)11-7-2-3-10-4-7/h5,7,10H,2-4H2,1H3,(H,11,13). The van der Waals surface area contributed by atoms with Gasteiger partial charge in [0.2, 0.25) is 0 Å². The number of nitrogens with zero attached hydrogens (tertiary/aromatic N) is 1. The first kappa shape index (κ1) is 9.21. The molecule has 14 heavy (non-hydrogen) atoms. The molecule has 1 aliphatic heterocycles. The van der Waals surface area contributed by atoms with Crippen LogP contribution >= 0.6 is 0 Å². The average Bonchev–Trinajstić information content (AvgIpc) is 2.75. The molecule has 0 bridgehead atoms. The summed E-state index contributed by atoms with van der Waals surface area (Å²) in [7, 11) is 0. The zero-order chi connectivity index (χ0) is 9.97. The van der Waals surface area contributed by atoms with Crippen molar-refractivity contribution in [1.29, 1.82) is 0 Å². The maximum atomic E-state index is 11.6. The van der Waals surface area contributed by atoms with Crippen LogP contribution in [0.1, 0.15) is 22.5 Å². The number of nitrogens with one attached hydrogen (secondary N) is 2. The van der Waals surface area contributed by atoms with Crippen molar-refractivity contribution in [3.63, 3.8) is 0 Å². The van der Waals surface area contributed by atoms with Gasteiger partial charge in [-0.2, -0.15) is 0 Å². The number of aromatic nitrogens is 1. The molecule has 5 nitrogen and oxygen atoms in total. The Labute approximate surface area is 81.8 Å². The Morgan fingerprint density at radius 2 is 2.64 bits per heavy atom. The zero-order valence-electron chi connectivity index (χ0n) is 8.04. The van der Waals surface area contributed by atoms with Gasteiger partial charge in [-0.3, -0.25) is 4.79 Å². The molecule has 1 fully saturated rings. The highest BCUT2D eigenvalue weighted by Crippen LogP contribution is 2.05. The topological polar surface area (TPSA) is 67.2 Å². The Bertz CT molecular complexity index is 329. The second-order valence-electron chi connectivity index (χ2n) is 3.51. The second kappa shape index (κ2) is 3.79. The molecule has 0 aliphatic carbocycles. The van der Waals surface area contributed by atoms with Crippen LogP contribution in [0.4, 0.5) is 0 Å². The highest BCUT2D eigenvalue weighted by Gasteiger charge is 2.20. The molecule has 76 valence electrons. The maximum Gasteiger partial charge on any atom is 0.274 e. The van der Waals surface area contributed by atoms with Gasteiger partial charge in [0, 0.05) is 18.2 Å². The van der Waals surface area contributed by atoms with E-state index in [-0.39, 0.29) is 11.9 Å². The van der Waals surface area contributed by atoms with Crippen molar-refractivity contribution >= 4 is 5.91 Å². The van der Waals surface area contributed by atoms with E-state index in [1.807, 2.05) is 0 Å². The van der Waals surface area contributed by atoms with Gasteiger partial charge >= 0.3 is 0 Å². The molecular weight excluding hydrogens is 182 g/mol. The Morgan fingerprint density at radius 3 is 3.21 bits per heavy atom. The number of amides is 1. The van der Waals surface area contributed by atoms with Gasteiger partial charge in [0.1, 0.15) is 6.26 Å². The highest BCUT2D eigenvalue weighted by atomic mass is 16.5. The molecule has 2 rings (SSSR count). The van der Waals surface area contributed by atoms with Gasteiger partial charge in [-0.1, -0.05) is 5.16 Å². The van der Waals surface area contributed by atoms with Gasteiger partial charge in [0.15, 0.2) is 5.69 Å². The average molecular weight is 195 g/mol. The predicted molar refractivity (Wildman–Crippen MR) is 50.0 cm³/mol. The summed E-state index contributed by atoms with van der Waals surface area (Å²) in [6, 6.07) is 0.221. The van der Waals surface area contributed by atoms with Gasteiger partial charge in [0.25, 0.3) is 5.91 Å². The van der Waals surface area contributed by atoms with Crippen molar-refractivity contribution in [2.45, 2.75) is 19.4 Å². The summed E-state index contributed by atoms with van der Waals surface area (Å²) in [5.74, 6) is -0.148. The van der Waals surface area contributed by atoms with Gasteiger partial charge in [0.05, 0.1) is 0 Å². The van der Waals surface area contributed by atoms with Crippen LogP contribution in [0.15, 0.2) is 10.8 Å². The molecule has 1 unspecified atom stereocenters. The first-order chi connectivity index (χ1) is 6.77. The molecule has 0 spiro atoms. The van der Waals surface area contributed by atoms with Crippen LogP contribution in [-0.4, -0.2) is 30.2 Å². The predicted octanol–water partition coefficient (Wildman–Crippen LogP) is 0.0747. The van der Waals surface area contributed by atoms with Crippen molar-refractivity contribution < 1.29 is 9.32 Å². The van der Waals surface area contributed by atoms with E-state index in [4.69, 9.17) is 4.52 Å². The summed E-state index contributed by atoms with van der Waals surface area (Å²) in [6.45, 7) is 3.60. The molecule has 1 aromatic heterocycles. The quantitative estimate of drug-likeness (QED) is 0.701. The van der Waals surface area contributed by atoms with E-state index in [1.165, 1.54) is 6.26 Å². The zero-order valence-corrected chi connectivity index (χ0v) is 8.04. The van der Waals surface area contributed by atoms with Gasteiger partial charge in [-0.05, 0) is 19.9 Å². The van der Waals surface area contributed by atoms with E-state index in [1.54, 1.807) is 6.92 Å². The van der Waals surface area contributed by atoms with E-state index in [0.717, 1.165) is 25.1 Å². The molecule has 0 aromatic carbocycles. The van der Waals surface area contributed by atoms with E-state index in [0.29, 0.717) is 5.69 Å². The number of carbonyl (C=O) groups is 1. The van der Waals surface area contributed by atoms with Gasteiger partial charge < -0.3 is 15.2 Å². The van der Waals surface area contributed by atoms with Gasteiger partial charge in [-0.25, -0.2) is 0 Å². The van der Waals surface area contributed by atoms with Crippen LogP contribution in [0.25, 0.3) is 0 Å². The van der Waals surface area contributed by atoms with Crippen LogP contribution < -0.4 is 10.6 Å². The van der Waals surface area contributed by atoms with Crippen LogP contribution in [0.5, 0.6) is 0 Å². The minimum Gasteiger partial charge on any atom is -0.364 e. The Kier molecular flexibility index (Phi) is 2.49. The van der Waals surface area contributed by atoms with E-state index in [2.05, 4.69) is 15.8 Å². The summed E-state index contributed by atoms with van der Waals surface area (Å²) >= 11 is 0. The SMILES string of the molecule is Cc1conc1C(=O)NC1CCNC1. The minimum absolute atomic E-state index is 0.148. The van der Waals surface area contributed by atoms with Crippen LogP contribution in [0.3, 0.4) is 0 Å². The molecule has 1 aliphatic rings. The molecule has 5 heteroatoms. The van der Waals surface area contributed by atoms with E-state index in [9.17, 15) is 4.79 Å². The first-order valence-corrected chi connectivity index (χ1v) is 4.70. The summed E-state index contributed by atoms with van der Waals surface area (Å²) in [5.41, 5.74) is 1.16. The maximum absolute atomic E-state index is 11.6. The number of carbonyl (C=O) groups excluding carboxylic acids is 1. The van der Waals surface area contributed by atoms with Crippen molar-refractivity contribution in [3.8, 4) is 0 Å².